The van der Waals surface area contributed by atoms with Crippen molar-refractivity contribution in [3.63, 3.8) is 0 Å². The average Bonchev–Trinajstić information content (AvgIpc) is 2.69. The number of rotatable bonds is 4. The molecule has 0 aliphatic carbocycles. The second-order valence-electron chi connectivity index (χ2n) is 6.51. The Balaban J connectivity index is 2.27. The van der Waals surface area contributed by atoms with E-state index in [-0.39, 0.29) is 12.2 Å². The summed E-state index contributed by atoms with van der Waals surface area (Å²) in [6.45, 7) is 9.04. The minimum Gasteiger partial charge on any atom is -0.313 e. The molecule has 1 aromatic heterocycles. The van der Waals surface area contributed by atoms with Gasteiger partial charge in [-0.15, -0.1) is 11.8 Å². The van der Waals surface area contributed by atoms with Crippen molar-refractivity contribution in [2.75, 3.05) is 6.26 Å². The summed E-state index contributed by atoms with van der Waals surface area (Å²) in [5.41, 5.74) is -0.821. The van der Waals surface area contributed by atoms with E-state index in [1.54, 1.807) is 30.0 Å². The zero-order chi connectivity index (χ0) is 21.2. The zero-order valence-electron chi connectivity index (χ0n) is 15.7. The Bertz CT molecular complexity index is 1140. The molecule has 2 aromatic carbocycles. The molecule has 0 saturated heterocycles. The lowest BCUT2D eigenvalue weighted by molar-refractivity contribution is -0.136. The molecule has 7 heteroatoms. The van der Waals surface area contributed by atoms with E-state index >= 15 is 0 Å². The molecule has 0 saturated carbocycles. The molecule has 0 radical (unpaired) electrons. The number of aryl methyl sites for hydroxylation is 1. The van der Waals surface area contributed by atoms with Crippen LogP contribution in [-0.2, 0) is 12.7 Å². The molecule has 0 unspecified atom stereocenters. The Kier molecular flexibility index (Phi) is 5.85. The van der Waals surface area contributed by atoms with Crippen LogP contribution in [0.2, 0.25) is 0 Å². The highest BCUT2D eigenvalue weighted by Crippen LogP contribution is 2.37. The van der Waals surface area contributed by atoms with Gasteiger partial charge in [-0.3, -0.25) is 4.79 Å². The predicted molar refractivity (Wildman–Crippen MR) is 109 cm³/mol. The van der Waals surface area contributed by atoms with Crippen LogP contribution in [0.1, 0.15) is 16.7 Å². The molecule has 0 N–H and O–H groups in total. The van der Waals surface area contributed by atoms with Gasteiger partial charge in [-0.05, 0) is 48.6 Å². The second-order valence-corrected chi connectivity index (χ2v) is 7.39. The number of alkyl halides is 3. The van der Waals surface area contributed by atoms with Crippen LogP contribution in [0.4, 0.5) is 18.9 Å². The molecule has 0 aliphatic heterocycles. The fourth-order valence-electron chi connectivity index (χ4n) is 3.07. The van der Waals surface area contributed by atoms with Crippen LogP contribution in [-0.4, -0.2) is 10.8 Å². The van der Waals surface area contributed by atoms with Gasteiger partial charge in [0.1, 0.15) is 0 Å². The van der Waals surface area contributed by atoms with E-state index in [4.69, 9.17) is 6.57 Å². The number of pyridine rings is 1. The van der Waals surface area contributed by atoms with Crippen molar-refractivity contribution in [3.05, 3.63) is 93.1 Å². The first-order valence-corrected chi connectivity index (χ1v) is 9.89. The van der Waals surface area contributed by atoms with E-state index in [1.807, 2.05) is 43.5 Å². The van der Waals surface area contributed by atoms with Crippen molar-refractivity contribution in [2.45, 2.75) is 24.5 Å². The lowest BCUT2D eigenvalue weighted by Crippen LogP contribution is -2.25. The summed E-state index contributed by atoms with van der Waals surface area (Å²) in [6.07, 6.45) is -2.86. The number of hydrogen-bond acceptors (Lipinski definition) is 2. The van der Waals surface area contributed by atoms with Crippen LogP contribution >= 0.6 is 11.8 Å². The maximum atomic E-state index is 13.5. The SMILES string of the molecule is [C-]#[N+]c1c(C(F)(F)F)cc(-c2cccc(C)c2)n(Cc2ccc(SC)cc2)c1=O. The Morgan fingerprint density at radius 2 is 1.79 bits per heavy atom. The summed E-state index contributed by atoms with van der Waals surface area (Å²) in [4.78, 5) is 16.9. The van der Waals surface area contributed by atoms with Gasteiger partial charge >= 0.3 is 6.18 Å². The monoisotopic (exact) mass is 414 g/mol. The number of halogens is 3. The molecular formula is C22H17F3N2OS. The topological polar surface area (TPSA) is 26.4 Å². The van der Waals surface area contributed by atoms with Crippen LogP contribution in [0.3, 0.4) is 0 Å². The molecule has 0 amide bonds. The summed E-state index contributed by atoms with van der Waals surface area (Å²) in [6, 6.07) is 15.3. The molecule has 0 fully saturated rings. The molecule has 3 rings (SSSR count). The first kappa shape index (κ1) is 20.7. The van der Waals surface area contributed by atoms with E-state index in [2.05, 4.69) is 4.85 Å². The molecule has 0 aliphatic rings. The van der Waals surface area contributed by atoms with Gasteiger partial charge in [-0.1, -0.05) is 35.9 Å². The molecular weight excluding hydrogens is 397 g/mol. The van der Waals surface area contributed by atoms with Gasteiger partial charge < -0.3 is 4.57 Å². The fraction of sp³-hybridized carbons (Fsp3) is 0.182. The molecule has 3 nitrogen and oxygen atoms in total. The largest absolute Gasteiger partial charge is 0.407 e. The molecule has 29 heavy (non-hydrogen) atoms. The van der Waals surface area contributed by atoms with Gasteiger partial charge in [0.25, 0.3) is 11.2 Å². The Morgan fingerprint density at radius 1 is 1.10 bits per heavy atom. The molecule has 1 heterocycles. The fourth-order valence-corrected chi connectivity index (χ4v) is 3.48. The van der Waals surface area contributed by atoms with Gasteiger partial charge in [-0.25, -0.2) is 4.85 Å². The van der Waals surface area contributed by atoms with E-state index < -0.39 is 23.0 Å². The summed E-state index contributed by atoms with van der Waals surface area (Å²) >= 11 is 1.57. The summed E-state index contributed by atoms with van der Waals surface area (Å²) in [7, 11) is 0. The number of benzene rings is 2. The van der Waals surface area contributed by atoms with Gasteiger partial charge in [0, 0.05) is 17.1 Å². The summed E-state index contributed by atoms with van der Waals surface area (Å²) < 4.78 is 41.9. The van der Waals surface area contributed by atoms with E-state index in [9.17, 15) is 18.0 Å². The van der Waals surface area contributed by atoms with Gasteiger partial charge in [-0.2, -0.15) is 13.2 Å². The van der Waals surface area contributed by atoms with Crippen molar-refractivity contribution in [3.8, 4) is 11.3 Å². The van der Waals surface area contributed by atoms with Crippen molar-refractivity contribution in [2.24, 2.45) is 0 Å². The average molecular weight is 414 g/mol. The van der Waals surface area contributed by atoms with Crippen molar-refractivity contribution >= 4 is 17.4 Å². The molecule has 148 valence electrons. The van der Waals surface area contributed by atoms with Crippen LogP contribution in [0.5, 0.6) is 0 Å². The minimum absolute atomic E-state index is 0.0669. The first-order valence-electron chi connectivity index (χ1n) is 8.67. The highest BCUT2D eigenvalue weighted by molar-refractivity contribution is 7.98. The Labute approximate surface area is 170 Å². The van der Waals surface area contributed by atoms with Gasteiger partial charge in [0.15, 0.2) is 0 Å². The van der Waals surface area contributed by atoms with Crippen molar-refractivity contribution < 1.29 is 13.2 Å². The number of hydrogen-bond donors (Lipinski definition) is 0. The van der Waals surface area contributed by atoms with Crippen LogP contribution < -0.4 is 5.56 Å². The highest BCUT2D eigenvalue weighted by Gasteiger charge is 2.36. The first-order chi connectivity index (χ1) is 13.7. The van der Waals surface area contributed by atoms with Crippen LogP contribution in [0, 0.1) is 13.5 Å². The third-order valence-corrected chi connectivity index (χ3v) is 5.25. The van der Waals surface area contributed by atoms with Crippen molar-refractivity contribution in [1.82, 2.24) is 4.57 Å². The Morgan fingerprint density at radius 3 is 2.34 bits per heavy atom. The van der Waals surface area contributed by atoms with Crippen LogP contribution in [0.15, 0.2) is 64.3 Å². The van der Waals surface area contributed by atoms with E-state index in [0.717, 1.165) is 22.1 Å². The molecule has 0 bridgehead atoms. The molecule has 0 spiro atoms. The maximum Gasteiger partial charge on any atom is 0.407 e. The van der Waals surface area contributed by atoms with Gasteiger partial charge in [0.05, 0.1) is 12.1 Å². The normalized spacial score (nSPS) is 11.3. The summed E-state index contributed by atoms with van der Waals surface area (Å²) in [5.74, 6) is 0. The minimum atomic E-state index is -4.79. The summed E-state index contributed by atoms with van der Waals surface area (Å²) in [5, 5.41) is 0. The smallest absolute Gasteiger partial charge is 0.313 e. The predicted octanol–water partition coefficient (Wildman–Crippen LogP) is 6.16. The maximum absolute atomic E-state index is 13.5. The molecule has 0 atom stereocenters. The standard InChI is InChI=1S/C22H17F3N2OS/c1-14-5-4-6-16(11-14)19-12-18(22(23,24)25)20(26-2)21(28)27(19)13-15-7-9-17(29-3)10-8-15/h4-12H,13H2,1,3H3. The van der Waals surface area contributed by atoms with Crippen molar-refractivity contribution in [1.29, 1.82) is 0 Å². The lowest BCUT2D eigenvalue weighted by Gasteiger charge is -2.18. The third kappa shape index (κ3) is 4.38. The third-order valence-electron chi connectivity index (χ3n) is 4.51. The Hall–Kier alpha value is -2.98. The number of thioether (sulfide) groups is 1. The lowest BCUT2D eigenvalue weighted by atomic mass is 10.0. The van der Waals surface area contributed by atoms with Gasteiger partial charge in [0.2, 0.25) is 0 Å². The quantitative estimate of drug-likeness (QED) is 0.377. The van der Waals surface area contributed by atoms with Crippen LogP contribution in [0.25, 0.3) is 16.1 Å². The van der Waals surface area contributed by atoms with E-state index in [0.29, 0.717) is 5.56 Å². The molecule has 3 aromatic rings. The second kappa shape index (κ2) is 8.18. The van der Waals surface area contributed by atoms with E-state index in [1.165, 1.54) is 4.57 Å². The number of nitrogens with zero attached hydrogens (tertiary/aromatic N) is 2. The highest BCUT2D eigenvalue weighted by atomic mass is 32.2. The number of aromatic nitrogens is 1. The zero-order valence-corrected chi connectivity index (χ0v) is 16.6.